The van der Waals surface area contributed by atoms with Crippen LogP contribution < -0.4 is 0 Å². The van der Waals surface area contributed by atoms with Gasteiger partial charge in [0.1, 0.15) is 0 Å². The number of hydrogen-bond donors (Lipinski definition) is 0. The maximum Gasteiger partial charge on any atom is 0.209 e. The van der Waals surface area contributed by atoms with E-state index in [-0.39, 0.29) is 0 Å². The first kappa shape index (κ1) is 16.0. The van der Waals surface area contributed by atoms with Gasteiger partial charge >= 0.3 is 0 Å². The molecule has 98 valence electrons. The highest BCUT2D eigenvalue weighted by molar-refractivity contribution is 5.48. The highest BCUT2D eigenvalue weighted by Crippen LogP contribution is 2.15. The lowest BCUT2D eigenvalue weighted by atomic mass is 10.0. The number of carbonyl (C=O) groups is 1. The summed E-state index contributed by atoms with van der Waals surface area (Å²) < 4.78 is 0. The fourth-order valence-corrected chi connectivity index (χ4v) is 1.70. The highest BCUT2D eigenvalue weighted by atomic mass is 16.1. The van der Waals surface area contributed by atoms with Crippen LogP contribution in [-0.4, -0.2) is 24.4 Å². The Morgan fingerprint density at radius 2 is 1.71 bits per heavy atom. The van der Waals surface area contributed by atoms with Crippen LogP contribution in [0.1, 0.15) is 53.9 Å². The van der Waals surface area contributed by atoms with E-state index < -0.39 is 0 Å². The Balaban J connectivity index is 4.63. The first-order valence-corrected chi connectivity index (χ1v) is 6.61. The van der Waals surface area contributed by atoms with Gasteiger partial charge in [-0.25, -0.2) is 0 Å². The van der Waals surface area contributed by atoms with Gasteiger partial charge in [0.2, 0.25) is 6.41 Å². The number of rotatable bonds is 8. The number of hydrogen-bond acceptors (Lipinski definition) is 1. The summed E-state index contributed by atoms with van der Waals surface area (Å²) in [6.07, 6.45) is 6.48. The molecule has 0 atom stereocenters. The van der Waals surface area contributed by atoms with Gasteiger partial charge in [-0.1, -0.05) is 31.1 Å². The Labute approximate surface area is 106 Å². The average molecular weight is 237 g/mol. The molecule has 1 amide bonds. The van der Waals surface area contributed by atoms with Crippen LogP contribution in [0.4, 0.5) is 0 Å². The molecule has 0 spiro atoms. The van der Waals surface area contributed by atoms with E-state index in [1.807, 2.05) is 11.8 Å². The summed E-state index contributed by atoms with van der Waals surface area (Å²) in [6, 6.07) is 0. The summed E-state index contributed by atoms with van der Waals surface area (Å²) >= 11 is 0. The molecule has 0 aliphatic rings. The van der Waals surface area contributed by atoms with E-state index in [1.54, 1.807) is 0 Å². The highest BCUT2D eigenvalue weighted by Gasteiger charge is 2.04. The normalized spacial score (nSPS) is 9.71. The lowest BCUT2D eigenvalue weighted by Gasteiger charge is -2.18. The summed E-state index contributed by atoms with van der Waals surface area (Å²) in [5.41, 5.74) is 4.18. The molecule has 0 aromatic heterocycles. The number of carbonyl (C=O) groups excluding carboxylic acids is 1. The van der Waals surface area contributed by atoms with Crippen molar-refractivity contribution in [3.8, 4) is 0 Å². The van der Waals surface area contributed by atoms with Crippen LogP contribution >= 0.6 is 0 Å². The molecule has 0 radical (unpaired) electrons. The molecule has 0 aliphatic carbocycles. The molecule has 0 unspecified atom stereocenters. The van der Waals surface area contributed by atoms with Crippen molar-refractivity contribution in [3.05, 3.63) is 22.8 Å². The Morgan fingerprint density at radius 3 is 2.06 bits per heavy atom. The van der Waals surface area contributed by atoms with Crippen LogP contribution in [0.5, 0.6) is 0 Å². The van der Waals surface area contributed by atoms with E-state index in [9.17, 15) is 4.79 Å². The lowest BCUT2D eigenvalue weighted by molar-refractivity contribution is -0.117. The smallest absolute Gasteiger partial charge is 0.209 e. The summed E-state index contributed by atoms with van der Waals surface area (Å²) in [4.78, 5) is 12.6. The minimum absolute atomic E-state index is 0.763. The van der Waals surface area contributed by atoms with Crippen molar-refractivity contribution in [2.24, 2.45) is 0 Å². The van der Waals surface area contributed by atoms with Gasteiger partial charge in [0.15, 0.2) is 0 Å². The van der Waals surface area contributed by atoms with E-state index in [0.29, 0.717) is 0 Å². The summed E-state index contributed by atoms with van der Waals surface area (Å²) in [5.74, 6) is 0. The Bertz CT molecular complexity index is 279. The third-order valence-corrected chi connectivity index (χ3v) is 3.20. The quantitative estimate of drug-likeness (QED) is 0.462. The number of nitrogens with zero attached hydrogens (tertiary/aromatic N) is 1. The van der Waals surface area contributed by atoms with Crippen LogP contribution in [0.2, 0.25) is 0 Å². The van der Waals surface area contributed by atoms with Crippen LogP contribution in [0.25, 0.3) is 0 Å². The summed E-state index contributed by atoms with van der Waals surface area (Å²) in [6.45, 7) is 12.2. The molecule has 0 fully saturated rings. The zero-order chi connectivity index (χ0) is 13.3. The first-order valence-electron chi connectivity index (χ1n) is 6.61. The third-order valence-electron chi connectivity index (χ3n) is 3.20. The summed E-state index contributed by atoms with van der Waals surface area (Å²) in [7, 11) is 0. The number of amides is 1. The van der Waals surface area contributed by atoms with Crippen molar-refractivity contribution in [2.45, 2.75) is 53.9 Å². The molecule has 0 bridgehead atoms. The molecule has 2 nitrogen and oxygen atoms in total. The van der Waals surface area contributed by atoms with E-state index in [0.717, 1.165) is 38.8 Å². The second-order valence-corrected chi connectivity index (χ2v) is 4.55. The van der Waals surface area contributed by atoms with Gasteiger partial charge in [-0.05, 0) is 45.6 Å². The monoisotopic (exact) mass is 237 g/mol. The van der Waals surface area contributed by atoms with Crippen molar-refractivity contribution >= 4 is 6.41 Å². The maximum absolute atomic E-state index is 10.8. The molecule has 0 aromatic rings. The van der Waals surface area contributed by atoms with Gasteiger partial charge in [-0.3, -0.25) is 4.79 Å². The fraction of sp³-hybridized carbons (Fsp3) is 0.667. The first-order chi connectivity index (χ1) is 8.08. The predicted octanol–water partition coefficient (Wildman–Crippen LogP) is 3.94. The average Bonchev–Trinajstić information content (AvgIpc) is 2.33. The molecule has 2 heteroatoms. The van der Waals surface area contributed by atoms with Crippen molar-refractivity contribution in [3.63, 3.8) is 0 Å². The molecule has 0 saturated carbocycles. The fourth-order valence-electron chi connectivity index (χ4n) is 1.70. The minimum atomic E-state index is 0.763. The molecule has 0 aliphatic heterocycles. The topological polar surface area (TPSA) is 20.3 Å². The Morgan fingerprint density at radius 1 is 1.12 bits per heavy atom. The molecule has 0 rings (SSSR count). The lowest BCUT2D eigenvalue weighted by Crippen LogP contribution is -2.24. The number of allylic oxidation sites excluding steroid dienone is 3. The molecule has 0 N–H and O–H groups in total. The Kier molecular flexibility index (Phi) is 8.47. The molecule has 0 aromatic carbocycles. The van der Waals surface area contributed by atoms with Crippen LogP contribution in [0, 0.1) is 0 Å². The van der Waals surface area contributed by atoms with Crippen LogP contribution in [0.3, 0.4) is 0 Å². The zero-order valence-corrected chi connectivity index (χ0v) is 12.0. The molecule has 0 saturated heterocycles. The van der Waals surface area contributed by atoms with Crippen molar-refractivity contribution < 1.29 is 4.79 Å². The predicted molar refractivity (Wildman–Crippen MR) is 75.0 cm³/mol. The second-order valence-electron chi connectivity index (χ2n) is 4.55. The SMILES string of the molecule is CCC(=CCC(CN(C=O)CC)=C(C)C)CC. The molecular formula is C15H27NO. The van der Waals surface area contributed by atoms with E-state index in [2.05, 4.69) is 33.8 Å². The van der Waals surface area contributed by atoms with E-state index in [4.69, 9.17) is 0 Å². The third kappa shape index (κ3) is 6.30. The minimum Gasteiger partial charge on any atom is -0.342 e. The van der Waals surface area contributed by atoms with E-state index in [1.165, 1.54) is 16.7 Å². The zero-order valence-electron chi connectivity index (χ0n) is 12.0. The molecular weight excluding hydrogens is 210 g/mol. The van der Waals surface area contributed by atoms with Gasteiger partial charge in [0, 0.05) is 13.1 Å². The summed E-state index contributed by atoms with van der Waals surface area (Å²) in [5, 5.41) is 0. The number of likely N-dealkylation sites (N-methyl/N-ethyl adjacent to an activating group) is 1. The van der Waals surface area contributed by atoms with Gasteiger partial charge in [0.05, 0.1) is 0 Å². The maximum atomic E-state index is 10.8. The van der Waals surface area contributed by atoms with Crippen molar-refractivity contribution in [2.75, 3.05) is 13.1 Å². The van der Waals surface area contributed by atoms with Gasteiger partial charge in [-0.2, -0.15) is 0 Å². The second kappa shape index (κ2) is 9.03. The van der Waals surface area contributed by atoms with Crippen LogP contribution in [0.15, 0.2) is 22.8 Å². The van der Waals surface area contributed by atoms with Crippen molar-refractivity contribution in [1.29, 1.82) is 0 Å². The van der Waals surface area contributed by atoms with Gasteiger partial charge < -0.3 is 4.90 Å². The van der Waals surface area contributed by atoms with Gasteiger partial charge in [-0.15, -0.1) is 0 Å². The molecule has 0 heterocycles. The van der Waals surface area contributed by atoms with Crippen LogP contribution in [-0.2, 0) is 4.79 Å². The molecule has 17 heavy (non-hydrogen) atoms. The van der Waals surface area contributed by atoms with Gasteiger partial charge in [0.25, 0.3) is 0 Å². The van der Waals surface area contributed by atoms with E-state index >= 15 is 0 Å². The Hall–Kier alpha value is -1.05. The largest absolute Gasteiger partial charge is 0.342 e. The van der Waals surface area contributed by atoms with Crippen molar-refractivity contribution in [1.82, 2.24) is 4.90 Å². The standard InChI is InChI=1S/C15H27NO/c1-6-14(7-2)9-10-15(13(4)5)11-16(8-3)12-17/h9,12H,6-8,10-11H2,1-5H3.